The zero-order valence-electron chi connectivity index (χ0n) is 25.0. The molecule has 5 saturated heterocycles. The van der Waals surface area contributed by atoms with Crippen LogP contribution < -0.4 is 14.4 Å². The van der Waals surface area contributed by atoms with E-state index in [4.69, 9.17) is 28.7 Å². The maximum absolute atomic E-state index is 13.1. The standard InChI is InChI=1S/C33H42N2O7/c1-21-9-14-25-22(2)30(39-31-33(25)26(21)20-32(3,40-31)41-42-33)38-24-12-10-23(11-13-24)19-29(36)35-17-15-34(16-18-35)27-7-5-6-8-28(27)37-4/h5-8,10-13,21-22,25-26,30-31H,9,14-20H2,1-4H3/t21-,22-,25?,26?,30+,31-,32+,33+/m1/s1. The van der Waals surface area contributed by atoms with Gasteiger partial charge in [-0.05, 0) is 55.5 Å². The SMILES string of the molecule is COc1ccccc1N1CCN(C(=O)Cc2ccc(O[C@H]3O[C@@H]4O[C@]5(C)CC6[C@H](C)CCC([C@H]3C)[C@]64OO5)cc2)CC1. The summed E-state index contributed by atoms with van der Waals surface area (Å²) in [6.07, 6.45) is 2.37. The van der Waals surface area contributed by atoms with Gasteiger partial charge in [0.2, 0.25) is 18.0 Å². The van der Waals surface area contributed by atoms with Gasteiger partial charge < -0.3 is 28.7 Å². The van der Waals surface area contributed by atoms with Gasteiger partial charge in [-0.2, -0.15) is 0 Å². The summed E-state index contributed by atoms with van der Waals surface area (Å²) in [5.74, 6) is 2.09. The number of ether oxygens (including phenoxy) is 4. The predicted octanol–water partition coefficient (Wildman–Crippen LogP) is 4.78. The molecule has 226 valence electrons. The Bertz CT molecular complexity index is 1300. The molecule has 1 spiro atoms. The number of anilines is 1. The number of amides is 1. The van der Waals surface area contributed by atoms with Crippen molar-refractivity contribution in [1.29, 1.82) is 0 Å². The largest absolute Gasteiger partial charge is 0.495 e. The first-order valence-corrected chi connectivity index (χ1v) is 15.4. The molecule has 0 radical (unpaired) electrons. The number of methoxy groups -OCH3 is 1. The Labute approximate surface area is 247 Å². The van der Waals surface area contributed by atoms with Crippen molar-refractivity contribution in [3.05, 3.63) is 54.1 Å². The van der Waals surface area contributed by atoms with E-state index in [2.05, 4.69) is 24.8 Å². The Morgan fingerprint density at radius 2 is 1.74 bits per heavy atom. The number of piperazine rings is 1. The lowest BCUT2D eigenvalue weighted by Gasteiger charge is -2.66. The van der Waals surface area contributed by atoms with E-state index in [-0.39, 0.29) is 17.7 Å². The molecule has 0 N–H and O–H groups in total. The molecule has 5 aliphatic heterocycles. The molecule has 8 rings (SSSR count). The first-order valence-electron chi connectivity index (χ1n) is 15.4. The topological polar surface area (TPSA) is 78.9 Å². The van der Waals surface area contributed by atoms with E-state index in [1.165, 1.54) is 0 Å². The van der Waals surface area contributed by atoms with E-state index in [9.17, 15) is 4.79 Å². The van der Waals surface area contributed by atoms with E-state index in [0.717, 1.165) is 55.1 Å². The van der Waals surface area contributed by atoms with Gasteiger partial charge in [-0.25, -0.2) is 9.78 Å². The molecule has 6 fully saturated rings. The van der Waals surface area contributed by atoms with Crippen LogP contribution in [0.4, 0.5) is 5.69 Å². The van der Waals surface area contributed by atoms with Gasteiger partial charge in [0.05, 0.1) is 19.2 Å². The van der Waals surface area contributed by atoms with Gasteiger partial charge >= 0.3 is 0 Å². The maximum atomic E-state index is 13.1. The van der Waals surface area contributed by atoms with Crippen molar-refractivity contribution in [2.75, 3.05) is 38.2 Å². The molecule has 2 bridgehead atoms. The molecular formula is C33H42N2O7. The number of hydrogen-bond donors (Lipinski definition) is 0. The number of benzene rings is 2. The highest BCUT2D eigenvalue weighted by Gasteiger charge is 2.72. The number of fused-ring (bicyclic) bond motifs is 1. The zero-order chi connectivity index (χ0) is 29.1. The van der Waals surface area contributed by atoms with E-state index >= 15 is 0 Å². The molecule has 1 saturated carbocycles. The molecule has 2 aromatic rings. The summed E-state index contributed by atoms with van der Waals surface area (Å²) in [6, 6.07) is 15.8. The van der Waals surface area contributed by atoms with Crippen LogP contribution >= 0.6 is 0 Å². The lowest BCUT2D eigenvalue weighted by Crippen LogP contribution is -2.76. The minimum atomic E-state index is -0.798. The molecule has 42 heavy (non-hydrogen) atoms. The fraction of sp³-hybridized carbons (Fsp3) is 0.606. The Hall–Kier alpha value is -2.85. The molecule has 1 amide bonds. The van der Waals surface area contributed by atoms with E-state index in [1.54, 1.807) is 7.11 Å². The monoisotopic (exact) mass is 578 g/mol. The molecule has 6 aliphatic rings. The first kappa shape index (κ1) is 28.0. The highest BCUT2D eigenvalue weighted by Crippen LogP contribution is 2.62. The highest BCUT2D eigenvalue weighted by molar-refractivity contribution is 5.79. The van der Waals surface area contributed by atoms with Crippen LogP contribution in [0, 0.1) is 23.7 Å². The summed E-state index contributed by atoms with van der Waals surface area (Å²) in [6.45, 7) is 9.36. The summed E-state index contributed by atoms with van der Waals surface area (Å²) in [7, 11) is 1.69. The third kappa shape index (κ3) is 4.65. The van der Waals surface area contributed by atoms with Crippen LogP contribution in [-0.2, 0) is 30.5 Å². The summed E-state index contributed by atoms with van der Waals surface area (Å²) < 4.78 is 24.7. The molecule has 0 aromatic heterocycles. The van der Waals surface area contributed by atoms with Crippen LogP contribution in [0.3, 0.4) is 0 Å². The van der Waals surface area contributed by atoms with E-state index in [1.807, 2.05) is 54.3 Å². The minimum absolute atomic E-state index is 0.0988. The first-order chi connectivity index (χ1) is 20.3. The maximum Gasteiger partial charge on any atom is 0.227 e. The van der Waals surface area contributed by atoms with Crippen LogP contribution in [0.2, 0.25) is 0 Å². The lowest BCUT2D eigenvalue weighted by molar-refractivity contribution is -0.614. The molecule has 9 heteroatoms. The zero-order valence-corrected chi connectivity index (χ0v) is 25.0. The fourth-order valence-electron chi connectivity index (χ4n) is 8.01. The second-order valence-corrected chi connectivity index (χ2v) is 12.9. The number of hydrogen-bond acceptors (Lipinski definition) is 8. The third-order valence-corrected chi connectivity index (χ3v) is 10.4. The van der Waals surface area contributed by atoms with Gasteiger partial charge in [-0.3, -0.25) is 4.79 Å². The van der Waals surface area contributed by atoms with Crippen molar-refractivity contribution in [1.82, 2.24) is 4.90 Å². The Morgan fingerprint density at radius 3 is 2.50 bits per heavy atom. The second-order valence-electron chi connectivity index (χ2n) is 12.9. The molecule has 9 nitrogen and oxygen atoms in total. The van der Waals surface area contributed by atoms with Crippen molar-refractivity contribution in [3.63, 3.8) is 0 Å². The Morgan fingerprint density at radius 1 is 0.976 bits per heavy atom. The normalized spacial score (nSPS) is 37.2. The van der Waals surface area contributed by atoms with Gasteiger partial charge in [0.1, 0.15) is 11.5 Å². The number of nitrogens with zero attached hydrogens (tertiary/aromatic N) is 2. The van der Waals surface area contributed by atoms with Crippen molar-refractivity contribution in [3.8, 4) is 11.5 Å². The van der Waals surface area contributed by atoms with E-state index in [0.29, 0.717) is 31.3 Å². The molecule has 1 aliphatic carbocycles. The quantitative estimate of drug-likeness (QED) is 0.453. The highest BCUT2D eigenvalue weighted by atomic mass is 17.3. The minimum Gasteiger partial charge on any atom is -0.495 e. The van der Waals surface area contributed by atoms with Gasteiger partial charge in [0.15, 0.2) is 11.9 Å². The van der Waals surface area contributed by atoms with Crippen LogP contribution in [0.1, 0.15) is 45.6 Å². The molecule has 5 heterocycles. The number of rotatable bonds is 6. The smallest absolute Gasteiger partial charge is 0.227 e. The number of carbonyl (C=O) groups excluding carboxylic acids is 1. The van der Waals surface area contributed by atoms with Gasteiger partial charge in [-0.1, -0.05) is 38.1 Å². The molecule has 8 atom stereocenters. The van der Waals surface area contributed by atoms with Gasteiger partial charge in [-0.15, -0.1) is 0 Å². The van der Waals surface area contributed by atoms with Crippen molar-refractivity contribution < 1.29 is 33.5 Å². The fourth-order valence-corrected chi connectivity index (χ4v) is 8.01. The number of para-hydroxylation sites is 2. The summed E-state index contributed by atoms with van der Waals surface area (Å²) in [5.41, 5.74) is 1.45. The van der Waals surface area contributed by atoms with Gasteiger partial charge in [0.25, 0.3) is 0 Å². The predicted molar refractivity (Wildman–Crippen MR) is 155 cm³/mol. The van der Waals surface area contributed by atoms with Crippen molar-refractivity contribution in [2.45, 2.75) is 70.4 Å². The summed E-state index contributed by atoms with van der Waals surface area (Å²) in [4.78, 5) is 29.3. The van der Waals surface area contributed by atoms with Crippen LogP contribution in [-0.4, -0.2) is 68.1 Å². The van der Waals surface area contributed by atoms with Crippen LogP contribution in [0.15, 0.2) is 48.5 Å². The van der Waals surface area contributed by atoms with Gasteiger partial charge in [0, 0.05) is 50.4 Å². The second kappa shape index (κ2) is 10.7. The molecule has 2 aromatic carbocycles. The summed E-state index contributed by atoms with van der Waals surface area (Å²) in [5, 5.41) is 0. The Balaban J connectivity index is 0.964. The van der Waals surface area contributed by atoms with Crippen molar-refractivity contribution in [2.24, 2.45) is 23.7 Å². The molecule has 2 unspecified atom stereocenters. The third-order valence-electron chi connectivity index (χ3n) is 10.4. The lowest BCUT2D eigenvalue weighted by atomic mass is 9.56. The van der Waals surface area contributed by atoms with Crippen LogP contribution in [0.5, 0.6) is 11.5 Å². The summed E-state index contributed by atoms with van der Waals surface area (Å²) >= 11 is 0. The average Bonchev–Trinajstić information content (AvgIpc) is 3.01. The number of carbonyl (C=O) groups is 1. The van der Waals surface area contributed by atoms with Crippen LogP contribution in [0.25, 0.3) is 0 Å². The molecular weight excluding hydrogens is 536 g/mol. The van der Waals surface area contributed by atoms with Crippen molar-refractivity contribution >= 4 is 11.6 Å². The average molecular weight is 579 g/mol. The van der Waals surface area contributed by atoms with E-state index < -0.39 is 24.0 Å². The Kier molecular flexibility index (Phi) is 7.12.